The van der Waals surface area contributed by atoms with Gasteiger partial charge in [-0.2, -0.15) is 0 Å². The molecule has 3 aromatic rings. The van der Waals surface area contributed by atoms with E-state index in [-0.39, 0.29) is 17.1 Å². The first-order chi connectivity index (χ1) is 13.4. The standard InChI is InChI=1S/C17H18N6O4S/c1-21-14(18)13(15(25)22(2)17(21)26)11(24)8-28-16-20-19-9-23(16)10-6-4-5-7-12(10)27-3/h4-7,9H,8,18H2,1-3H3. The number of methoxy groups -OCH3 is 1. The van der Waals surface area contributed by atoms with Gasteiger partial charge in [0.25, 0.3) is 5.56 Å². The third kappa shape index (κ3) is 3.31. The number of ether oxygens (including phenoxy) is 1. The molecule has 2 heterocycles. The Morgan fingerprint density at radius 1 is 1.21 bits per heavy atom. The lowest BCUT2D eigenvalue weighted by molar-refractivity contribution is 0.102. The monoisotopic (exact) mass is 402 g/mol. The van der Waals surface area contributed by atoms with E-state index in [1.54, 1.807) is 17.7 Å². The third-order valence-corrected chi connectivity index (χ3v) is 5.13. The van der Waals surface area contributed by atoms with Crippen LogP contribution in [-0.4, -0.2) is 42.5 Å². The smallest absolute Gasteiger partial charge is 0.332 e. The van der Waals surface area contributed by atoms with Crippen LogP contribution in [0, 0.1) is 0 Å². The number of para-hydroxylation sites is 2. The van der Waals surface area contributed by atoms with Gasteiger partial charge in [0, 0.05) is 14.1 Å². The molecule has 3 rings (SSSR count). The molecule has 0 unspecified atom stereocenters. The van der Waals surface area contributed by atoms with Gasteiger partial charge in [-0.15, -0.1) is 10.2 Å². The van der Waals surface area contributed by atoms with Gasteiger partial charge in [0.05, 0.1) is 18.6 Å². The number of hydrogen-bond donors (Lipinski definition) is 1. The number of hydrogen-bond acceptors (Lipinski definition) is 8. The molecule has 0 atom stereocenters. The summed E-state index contributed by atoms with van der Waals surface area (Å²) in [5.41, 5.74) is 5.00. The lowest BCUT2D eigenvalue weighted by Gasteiger charge is -2.12. The lowest BCUT2D eigenvalue weighted by atomic mass is 10.2. The van der Waals surface area contributed by atoms with Crippen LogP contribution in [0.1, 0.15) is 10.4 Å². The largest absolute Gasteiger partial charge is 0.495 e. The van der Waals surface area contributed by atoms with Crippen molar-refractivity contribution in [3.63, 3.8) is 0 Å². The second-order valence-electron chi connectivity index (χ2n) is 5.83. The van der Waals surface area contributed by atoms with E-state index in [1.165, 1.54) is 20.4 Å². The molecular weight excluding hydrogens is 384 g/mol. The van der Waals surface area contributed by atoms with Crippen molar-refractivity contribution >= 4 is 23.4 Å². The van der Waals surface area contributed by atoms with Crippen molar-refractivity contribution in [2.45, 2.75) is 5.16 Å². The first-order valence-corrected chi connectivity index (χ1v) is 9.10. The predicted molar refractivity (Wildman–Crippen MR) is 104 cm³/mol. The van der Waals surface area contributed by atoms with Gasteiger partial charge in [0.2, 0.25) is 0 Å². The highest BCUT2D eigenvalue weighted by Crippen LogP contribution is 2.27. The number of nitrogen functional groups attached to an aromatic ring is 1. The van der Waals surface area contributed by atoms with Crippen molar-refractivity contribution in [2.24, 2.45) is 14.1 Å². The van der Waals surface area contributed by atoms with Crippen LogP contribution in [0.5, 0.6) is 5.75 Å². The van der Waals surface area contributed by atoms with Crippen LogP contribution >= 0.6 is 11.8 Å². The quantitative estimate of drug-likeness (QED) is 0.459. The Morgan fingerprint density at radius 3 is 2.64 bits per heavy atom. The number of thioether (sulfide) groups is 1. The summed E-state index contributed by atoms with van der Waals surface area (Å²) in [7, 11) is 4.25. The zero-order valence-electron chi connectivity index (χ0n) is 15.4. The van der Waals surface area contributed by atoms with Crippen molar-refractivity contribution in [1.29, 1.82) is 0 Å². The molecule has 0 radical (unpaired) electrons. The molecule has 146 valence electrons. The summed E-state index contributed by atoms with van der Waals surface area (Å²) in [4.78, 5) is 36.9. The van der Waals surface area contributed by atoms with Gasteiger partial charge in [0.15, 0.2) is 10.9 Å². The average Bonchev–Trinajstić information content (AvgIpc) is 3.17. The second kappa shape index (κ2) is 7.72. The van der Waals surface area contributed by atoms with E-state index in [0.717, 1.165) is 20.9 Å². The maximum atomic E-state index is 12.7. The van der Waals surface area contributed by atoms with Gasteiger partial charge in [-0.25, -0.2) is 4.79 Å². The molecule has 0 saturated carbocycles. The summed E-state index contributed by atoms with van der Waals surface area (Å²) < 4.78 is 8.94. The normalized spacial score (nSPS) is 10.8. The number of benzene rings is 1. The van der Waals surface area contributed by atoms with Crippen LogP contribution in [0.15, 0.2) is 45.3 Å². The number of rotatable bonds is 6. The van der Waals surface area contributed by atoms with Crippen molar-refractivity contribution in [1.82, 2.24) is 23.9 Å². The summed E-state index contributed by atoms with van der Waals surface area (Å²) in [5.74, 6) is -0.157. The molecule has 1 aromatic carbocycles. The zero-order chi connectivity index (χ0) is 20.4. The van der Waals surface area contributed by atoms with E-state index in [2.05, 4.69) is 10.2 Å². The van der Waals surface area contributed by atoms with Gasteiger partial charge in [-0.1, -0.05) is 23.9 Å². The van der Waals surface area contributed by atoms with Crippen LogP contribution in [0.2, 0.25) is 0 Å². The van der Waals surface area contributed by atoms with Gasteiger partial charge < -0.3 is 10.5 Å². The molecule has 11 heteroatoms. The van der Waals surface area contributed by atoms with Crippen molar-refractivity contribution < 1.29 is 9.53 Å². The van der Waals surface area contributed by atoms with Crippen LogP contribution in [0.3, 0.4) is 0 Å². The fourth-order valence-corrected chi connectivity index (χ4v) is 3.44. The molecule has 0 fully saturated rings. The number of anilines is 1. The molecule has 2 aromatic heterocycles. The fourth-order valence-electron chi connectivity index (χ4n) is 2.64. The molecule has 2 N–H and O–H groups in total. The molecular formula is C17H18N6O4S. The maximum Gasteiger partial charge on any atom is 0.332 e. The molecule has 0 spiro atoms. The highest BCUT2D eigenvalue weighted by Gasteiger charge is 2.21. The van der Waals surface area contributed by atoms with E-state index in [0.29, 0.717) is 16.6 Å². The summed E-state index contributed by atoms with van der Waals surface area (Å²) in [6.45, 7) is 0. The maximum absolute atomic E-state index is 12.7. The SMILES string of the molecule is COc1ccccc1-n1cnnc1SCC(=O)c1c(N)n(C)c(=O)n(C)c1=O. The Kier molecular flexibility index (Phi) is 5.36. The zero-order valence-corrected chi connectivity index (χ0v) is 16.3. The number of Topliss-reactive ketones (excluding diaryl/α,β-unsaturated/α-hetero) is 1. The van der Waals surface area contributed by atoms with Crippen LogP contribution in [-0.2, 0) is 14.1 Å². The van der Waals surface area contributed by atoms with E-state index >= 15 is 0 Å². The van der Waals surface area contributed by atoms with Gasteiger partial charge >= 0.3 is 5.69 Å². The van der Waals surface area contributed by atoms with Crippen molar-refractivity contribution in [2.75, 3.05) is 18.6 Å². The van der Waals surface area contributed by atoms with Gasteiger partial charge in [-0.3, -0.25) is 23.3 Å². The number of ketones is 1. The Bertz CT molecular complexity index is 1160. The topological polar surface area (TPSA) is 127 Å². The minimum atomic E-state index is -0.725. The number of aromatic nitrogens is 5. The Balaban J connectivity index is 1.90. The second-order valence-corrected chi connectivity index (χ2v) is 6.78. The Morgan fingerprint density at radius 2 is 1.93 bits per heavy atom. The van der Waals surface area contributed by atoms with Crippen LogP contribution in [0.4, 0.5) is 5.82 Å². The molecule has 0 aliphatic heterocycles. The van der Waals surface area contributed by atoms with E-state index in [4.69, 9.17) is 10.5 Å². The molecule has 0 aliphatic rings. The number of carbonyl (C=O) groups is 1. The molecule has 0 amide bonds. The van der Waals surface area contributed by atoms with E-state index in [1.807, 2.05) is 18.2 Å². The molecule has 10 nitrogen and oxygen atoms in total. The molecule has 0 bridgehead atoms. The summed E-state index contributed by atoms with van der Waals surface area (Å²) in [6, 6.07) is 7.30. The Hall–Kier alpha value is -3.34. The first kappa shape index (κ1) is 19.4. The highest BCUT2D eigenvalue weighted by atomic mass is 32.2. The average molecular weight is 402 g/mol. The third-order valence-electron chi connectivity index (χ3n) is 4.18. The lowest BCUT2D eigenvalue weighted by Crippen LogP contribution is -2.41. The molecule has 28 heavy (non-hydrogen) atoms. The molecule has 0 saturated heterocycles. The first-order valence-electron chi connectivity index (χ1n) is 8.11. The number of nitrogens with zero attached hydrogens (tertiary/aromatic N) is 5. The minimum absolute atomic E-state index is 0.106. The fraction of sp³-hybridized carbons (Fsp3) is 0.235. The number of carbonyl (C=O) groups excluding carboxylic acids is 1. The van der Waals surface area contributed by atoms with E-state index < -0.39 is 17.0 Å². The van der Waals surface area contributed by atoms with E-state index in [9.17, 15) is 14.4 Å². The van der Waals surface area contributed by atoms with Gasteiger partial charge in [0.1, 0.15) is 23.5 Å². The van der Waals surface area contributed by atoms with Gasteiger partial charge in [-0.05, 0) is 12.1 Å². The summed E-state index contributed by atoms with van der Waals surface area (Å²) in [6.07, 6.45) is 1.50. The summed E-state index contributed by atoms with van der Waals surface area (Å²) in [5, 5.41) is 8.36. The minimum Gasteiger partial charge on any atom is -0.495 e. The van der Waals surface area contributed by atoms with Crippen molar-refractivity contribution in [3.8, 4) is 11.4 Å². The number of nitrogens with two attached hydrogens (primary N) is 1. The predicted octanol–water partition coefficient (Wildman–Crippen LogP) is 0.230. The molecule has 0 aliphatic carbocycles. The summed E-state index contributed by atoms with van der Waals surface area (Å²) >= 11 is 1.10. The Labute approximate surface area is 163 Å². The highest BCUT2D eigenvalue weighted by molar-refractivity contribution is 7.99. The van der Waals surface area contributed by atoms with Crippen LogP contribution < -0.4 is 21.7 Å². The van der Waals surface area contributed by atoms with Crippen LogP contribution in [0.25, 0.3) is 5.69 Å². The van der Waals surface area contributed by atoms with Crippen molar-refractivity contribution in [3.05, 3.63) is 57.0 Å².